The van der Waals surface area contributed by atoms with Crippen LogP contribution < -0.4 is 5.32 Å². The highest BCUT2D eigenvalue weighted by Crippen LogP contribution is 2.25. The number of aryl methyl sites for hydroxylation is 2. The molecule has 6 nitrogen and oxygen atoms in total. The minimum absolute atomic E-state index is 0.0662. The van der Waals surface area contributed by atoms with E-state index in [4.69, 9.17) is 0 Å². The van der Waals surface area contributed by atoms with Crippen molar-refractivity contribution in [2.75, 3.05) is 0 Å². The molecular formula is C20H19N5OS. The number of nitrogens with one attached hydrogen (secondary N) is 1. The SMILES string of the molecule is CCc1nnc2sc(-c3ccc(CNC(=O)c4cccc(C)c4)cc3)nn12. The first kappa shape index (κ1) is 17.4. The summed E-state index contributed by atoms with van der Waals surface area (Å²) in [5.41, 5.74) is 3.82. The molecule has 4 rings (SSSR count). The van der Waals surface area contributed by atoms with Gasteiger partial charge in [-0.05, 0) is 24.6 Å². The van der Waals surface area contributed by atoms with Gasteiger partial charge in [-0.1, -0.05) is 60.2 Å². The van der Waals surface area contributed by atoms with Gasteiger partial charge >= 0.3 is 0 Å². The molecule has 0 unspecified atom stereocenters. The van der Waals surface area contributed by atoms with Gasteiger partial charge < -0.3 is 5.32 Å². The summed E-state index contributed by atoms with van der Waals surface area (Å²) in [7, 11) is 0. The molecule has 2 aromatic carbocycles. The maximum absolute atomic E-state index is 12.3. The van der Waals surface area contributed by atoms with E-state index in [0.717, 1.165) is 38.9 Å². The molecule has 0 saturated carbocycles. The van der Waals surface area contributed by atoms with Gasteiger partial charge in [0.25, 0.3) is 5.91 Å². The van der Waals surface area contributed by atoms with Crippen molar-refractivity contribution in [3.63, 3.8) is 0 Å². The van der Waals surface area contributed by atoms with Gasteiger partial charge in [-0.25, -0.2) is 0 Å². The highest BCUT2D eigenvalue weighted by atomic mass is 32.1. The van der Waals surface area contributed by atoms with Gasteiger partial charge in [-0.2, -0.15) is 9.61 Å². The normalized spacial score (nSPS) is 11.0. The van der Waals surface area contributed by atoms with Crippen LogP contribution in [-0.4, -0.2) is 25.7 Å². The van der Waals surface area contributed by atoms with Crippen molar-refractivity contribution in [1.82, 2.24) is 25.1 Å². The van der Waals surface area contributed by atoms with Gasteiger partial charge in [0.05, 0.1) is 0 Å². The lowest BCUT2D eigenvalue weighted by atomic mass is 10.1. The van der Waals surface area contributed by atoms with Gasteiger partial charge in [-0.3, -0.25) is 4.79 Å². The summed E-state index contributed by atoms with van der Waals surface area (Å²) in [4.78, 5) is 13.1. The van der Waals surface area contributed by atoms with Crippen LogP contribution in [0, 0.1) is 6.92 Å². The molecular weight excluding hydrogens is 358 g/mol. The van der Waals surface area contributed by atoms with Crippen molar-refractivity contribution in [1.29, 1.82) is 0 Å². The zero-order valence-electron chi connectivity index (χ0n) is 15.1. The predicted molar refractivity (Wildman–Crippen MR) is 106 cm³/mol. The number of fused-ring (bicyclic) bond motifs is 1. The van der Waals surface area contributed by atoms with E-state index in [1.54, 1.807) is 4.52 Å². The second-order valence-electron chi connectivity index (χ2n) is 6.32. The number of rotatable bonds is 5. The fourth-order valence-corrected chi connectivity index (χ4v) is 3.69. The largest absolute Gasteiger partial charge is 0.348 e. The van der Waals surface area contributed by atoms with Crippen LogP contribution in [0.2, 0.25) is 0 Å². The number of amides is 1. The molecule has 1 amide bonds. The average molecular weight is 377 g/mol. The summed E-state index contributed by atoms with van der Waals surface area (Å²) < 4.78 is 1.80. The summed E-state index contributed by atoms with van der Waals surface area (Å²) >= 11 is 1.52. The second kappa shape index (κ2) is 7.28. The highest BCUT2D eigenvalue weighted by Gasteiger charge is 2.12. The first-order valence-electron chi connectivity index (χ1n) is 8.79. The van der Waals surface area contributed by atoms with Crippen molar-refractivity contribution in [2.45, 2.75) is 26.8 Å². The monoisotopic (exact) mass is 377 g/mol. The molecule has 1 N–H and O–H groups in total. The third-order valence-electron chi connectivity index (χ3n) is 4.31. The summed E-state index contributed by atoms with van der Waals surface area (Å²) in [6, 6.07) is 15.6. The molecule has 0 bridgehead atoms. The van der Waals surface area contributed by atoms with E-state index < -0.39 is 0 Å². The Labute approximate surface area is 160 Å². The maximum atomic E-state index is 12.3. The van der Waals surface area contributed by atoms with E-state index in [1.165, 1.54) is 11.3 Å². The lowest BCUT2D eigenvalue weighted by molar-refractivity contribution is 0.0951. The quantitative estimate of drug-likeness (QED) is 0.576. The molecule has 0 radical (unpaired) electrons. The number of aromatic nitrogens is 4. The van der Waals surface area contributed by atoms with E-state index in [0.29, 0.717) is 12.1 Å². The van der Waals surface area contributed by atoms with Crippen molar-refractivity contribution in [3.8, 4) is 10.6 Å². The molecule has 7 heteroatoms. The number of carbonyl (C=O) groups is 1. The lowest BCUT2D eigenvalue weighted by Gasteiger charge is -2.06. The van der Waals surface area contributed by atoms with Crippen LogP contribution in [0.5, 0.6) is 0 Å². The molecule has 136 valence electrons. The molecule has 4 aromatic rings. The summed E-state index contributed by atoms with van der Waals surface area (Å²) in [5.74, 6) is 0.798. The molecule has 0 saturated heterocycles. The zero-order chi connectivity index (χ0) is 18.8. The molecule has 0 atom stereocenters. The Hall–Kier alpha value is -3.06. The van der Waals surface area contributed by atoms with Crippen LogP contribution in [0.1, 0.15) is 34.2 Å². The molecule has 2 aromatic heterocycles. The zero-order valence-corrected chi connectivity index (χ0v) is 16.0. The van der Waals surface area contributed by atoms with E-state index >= 15 is 0 Å². The topological polar surface area (TPSA) is 72.2 Å². The Balaban J connectivity index is 1.45. The molecule has 0 aliphatic rings. The van der Waals surface area contributed by atoms with Gasteiger partial charge in [0, 0.05) is 24.1 Å². The fraction of sp³-hybridized carbons (Fsp3) is 0.200. The van der Waals surface area contributed by atoms with E-state index in [1.807, 2.05) is 62.4 Å². The number of carbonyl (C=O) groups excluding carboxylic acids is 1. The van der Waals surface area contributed by atoms with Crippen molar-refractivity contribution < 1.29 is 4.79 Å². The predicted octanol–water partition coefficient (Wildman–Crippen LogP) is 3.65. The number of benzene rings is 2. The molecule has 0 aliphatic carbocycles. The minimum atomic E-state index is -0.0662. The minimum Gasteiger partial charge on any atom is -0.348 e. The fourth-order valence-electron chi connectivity index (χ4n) is 2.83. The van der Waals surface area contributed by atoms with Gasteiger partial charge in [0.1, 0.15) is 5.01 Å². The molecule has 0 aliphatic heterocycles. The van der Waals surface area contributed by atoms with Gasteiger partial charge in [-0.15, -0.1) is 10.2 Å². The summed E-state index contributed by atoms with van der Waals surface area (Å²) in [5, 5.41) is 16.7. The Kier molecular flexibility index (Phi) is 4.68. The molecule has 0 spiro atoms. The Morgan fingerprint density at radius 3 is 2.70 bits per heavy atom. The standard InChI is InChI=1S/C20H19N5OS/c1-3-17-22-23-20-25(17)24-19(27-20)15-9-7-14(8-10-15)12-21-18(26)16-6-4-5-13(2)11-16/h4-11H,3,12H2,1-2H3,(H,21,26). The number of nitrogens with zero attached hydrogens (tertiary/aromatic N) is 4. The molecule has 27 heavy (non-hydrogen) atoms. The second-order valence-corrected chi connectivity index (χ2v) is 7.28. The highest BCUT2D eigenvalue weighted by molar-refractivity contribution is 7.19. The number of hydrogen-bond acceptors (Lipinski definition) is 5. The Morgan fingerprint density at radius 1 is 1.15 bits per heavy atom. The Bertz CT molecular complexity index is 1100. The van der Waals surface area contributed by atoms with Crippen LogP contribution >= 0.6 is 11.3 Å². The van der Waals surface area contributed by atoms with E-state index in [-0.39, 0.29) is 5.91 Å². The van der Waals surface area contributed by atoms with Crippen LogP contribution in [0.4, 0.5) is 0 Å². The van der Waals surface area contributed by atoms with Crippen LogP contribution in [-0.2, 0) is 13.0 Å². The van der Waals surface area contributed by atoms with Crippen LogP contribution in [0.15, 0.2) is 48.5 Å². The molecule has 0 fully saturated rings. The summed E-state index contributed by atoms with van der Waals surface area (Å²) in [6.07, 6.45) is 0.796. The number of hydrogen-bond donors (Lipinski definition) is 1. The third-order valence-corrected chi connectivity index (χ3v) is 5.25. The van der Waals surface area contributed by atoms with Crippen molar-refractivity contribution in [3.05, 3.63) is 71.0 Å². The molecule has 2 heterocycles. The van der Waals surface area contributed by atoms with Crippen molar-refractivity contribution >= 4 is 22.2 Å². The van der Waals surface area contributed by atoms with Crippen LogP contribution in [0.3, 0.4) is 0 Å². The van der Waals surface area contributed by atoms with Gasteiger partial charge in [0.15, 0.2) is 5.82 Å². The van der Waals surface area contributed by atoms with Gasteiger partial charge in [0.2, 0.25) is 4.96 Å². The summed E-state index contributed by atoms with van der Waals surface area (Å²) in [6.45, 7) is 4.50. The Morgan fingerprint density at radius 2 is 1.96 bits per heavy atom. The van der Waals surface area contributed by atoms with E-state index in [9.17, 15) is 4.79 Å². The van der Waals surface area contributed by atoms with Crippen LogP contribution in [0.25, 0.3) is 15.5 Å². The third kappa shape index (κ3) is 3.59. The maximum Gasteiger partial charge on any atom is 0.251 e. The average Bonchev–Trinajstić information content (AvgIpc) is 3.27. The first-order valence-corrected chi connectivity index (χ1v) is 9.61. The lowest BCUT2D eigenvalue weighted by Crippen LogP contribution is -2.22. The van der Waals surface area contributed by atoms with Crippen molar-refractivity contribution in [2.24, 2.45) is 0 Å². The smallest absolute Gasteiger partial charge is 0.251 e. The first-order chi connectivity index (χ1) is 13.1. The van der Waals surface area contributed by atoms with E-state index in [2.05, 4.69) is 20.6 Å².